The molecule has 0 aromatic heterocycles. The van der Waals surface area contributed by atoms with E-state index >= 15 is 0 Å². The predicted octanol–water partition coefficient (Wildman–Crippen LogP) is 4.39. The van der Waals surface area contributed by atoms with Gasteiger partial charge in [-0.1, -0.05) is 44.9 Å². The van der Waals surface area contributed by atoms with Crippen LogP contribution in [-0.4, -0.2) is 6.04 Å². The molecule has 2 N–H and O–H groups in total. The SMILES string of the molecule is Cc1cccc(C)c1CC(N)C1CCCCC1(C)C. The lowest BCUT2D eigenvalue weighted by Crippen LogP contribution is -2.43. The van der Waals surface area contributed by atoms with E-state index in [0.717, 1.165) is 6.42 Å². The van der Waals surface area contributed by atoms with E-state index in [1.54, 1.807) is 0 Å². The van der Waals surface area contributed by atoms with Crippen LogP contribution < -0.4 is 5.73 Å². The summed E-state index contributed by atoms with van der Waals surface area (Å²) >= 11 is 0. The summed E-state index contributed by atoms with van der Waals surface area (Å²) in [5, 5.41) is 0. The van der Waals surface area contributed by atoms with Crippen molar-refractivity contribution in [3.63, 3.8) is 0 Å². The molecular weight excluding hydrogens is 230 g/mol. The topological polar surface area (TPSA) is 26.0 Å². The lowest BCUT2D eigenvalue weighted by molar-refractivity contribution is 0.112. The minimum absolute atomic E-state index is 0.301. The predicted molar refractivity (Wildman–Crippen MR) is 83.3 cm³/mol. The van der Waals surface area contributed by atoms with E-state index < -0.39 is 0 Å². The zero-order valence-electron chi connectivity index (χ0n) is 13.0. The zero-order valence-corrected chi connectivity index (χ0v) is 13.0. The van der Waals surface area contributed by atoms with Crippen LogP contribution in [0.15, 0.2) is 18.2 Å². The molecule has 2 atom stereocenters. The Hall–Kier alpha value is -0.820. The van der Waals surface area contributed by atoms with Gasteiger partial charge in [-0.25, -0.2) is 0 Å². The molecule has 1 nitrogen and oxygen atoms in total. The molecule has 2 rings (SSSR count). The maximum atomic E-state index is 6.59. The first-order chi connectivity index (χ1) is 8.92. The highest BCUT2D eigenvalue weighted by Crippen LogP contribution is 2.42. The molecular formula is C18H29N. The van der Waals surface area contributed by atoms with Crippen LogP contribution in [0.1, 0.15) is 56.2 Å². The first-order valence-electron chi connectivity index (χ1n) is 7.72. The number of aryl methyl sites for hydroxylation is 2. The molecule has 1 aromatic carbocycles. The zero-order chi connectivity index (χ0) is 14.0. The maximum Gasteiger partial charge on any atom is 0.0113 e. The highest BCUT2D eigenvalue weighted by Gasteiger charge is 2.36. The third-order valence-electron chi connectivity index (χ3n) is 5.19. The Bertz CT molecular complexity index is 413. The van der Waals surface area contributed by atoms with Gasteiger partial charge in [-0.3, -0.25) is 0 Å². The van der Waals surface area contributed by atoms with Crippen LogP contribution in [0.3, 0.4) is 0 Å². The Balaban J connectivity index is 2.14. The van der Waals surface area contributed by atoms with Crippen molar-refractivity contribution in [1.29, 1.82) is 0 Å². The Labute approximate surface area is 118 Å². The van der Waals surface area contributed by atoms with E-state index in [2.05, 4.69) is 45.9 Å². The third kappa shape index (κ3) is 3.20. The van der Waals surface area contributed by atoms with Gasteiger partial charge in [0.2, 0.25) is 0 Å². The van der Waals surface area contributed by atoms with Crippen LogP contribution in [0, 0.1) is 25.2 Å². The van der Waals surface area contributed by atoms with E-state index in [4.69, 9.17) is 5.73 Å². The van der Waals surface area contributed by atoms with E-state index in [1.807, 2.05) is 0 Å². The molecule has 1 heteroatoms. The smallest absolute Gasteiger partial charge is 0.0113 e. The van der Waals surface area contributed by atoms with Crippen molar-refractivity contribution in [1.82, 2.24) is 0 Å². The summed E-state index contributed by atoms with van der Waals surface area (Å²) in [4.78, 5) is 0. The van der Waals surface area contributed by atoms with Gasteiger partial charge < -0.3 is 5.73 Å². The molecule has 1 fully saturated rings. The summed E-state index contributed by atoms with van der Waals surface area (Å²) in [6, 6.07) is 6.86. The molecule has 0 heterocycles. The summed E-state index contributed by atoms with van der Waals surface area (Å²) in [7, 11) is 0. The molecule has 0 spiro atoms. The average Bonchev–Trinajstić information content (AvgIpc) is 2.33. The number of nitrogens with two attached hydrogens (primary N) is 1. The van der Waals surface area contributed by atoms with Crippen molar-refractivity contribution >= 4 is 0 Å². The van der Waals surface area contributed by atoms with Crippen molar-refractivity contribution < 1.29 is 0 Å². The molecule has 1 saturated carbocycles. The second kappa shape index (κ2) is 5.66. The van der Waals surface area contributed by atoms with Crippen molar-refractivity contribution in [2.75, 3.05) is 0 Å². The van der Waals surface area contributed by atoms with Gasteiger partial charge in [-0.05, 0) is 61.1 Å². The summed E-state index contributed by atoms with van der Waals surface area (Å²) in [6.07, 6.45) is 6.40. The normalized spacial score (nSPS) is 24.2. The Morgan fingerprint density at radius 3 is 2.42 bits per heavy atom. The largest absolute Gasteiger partial charge is 0.327 e. The molecule has 0 amide bonds. The minimum Gasteiger partial charge on any atom is -0.327 e. The maximum absolute atomic E-state index is 6.59. The third-order valence-corrected chi connectivity index (χ3v) is 5.19. The van der Waals surface area contributed by atoms with Crippen LogP contribution in [-0.2, 0) is 6.42 Å². The van der Waals surface area contributed by atoms with Crippen LogP contribution in [0.25, 0.3) is 0 Å². The quantitative estimate of drug-likeness (QED) is 0.856. The number of rotatable bonds is 3. The Morgan fingerprint density at radius 1 is 1.21 bits per heavy atom. The highest BCUT2D eigenvalue weighted by atomic mass is 14.7. The van der Waals surface area contributed by atoms with Crippen LogP contribution in [0.4, 0.5) is 0 Å². The summed E-state index contributed by atoms with van der Waals surface area (Å²) in [6.45, 7) is 9.23. The number of benzene rings is 1. The second-order valence-electron chi connectivity index (χ2n) is 7.08. The lowest BCUT2D eigenvalue weighted by Gasteiger charge is -2.42. The lowest BCUT2D eigenvalue weighted by atomic mass is 9.65. The van der Waals surface area contributed by atoms with Crippen molar-refractivity contribution in [3.05, 3.63) is 34.9 Å². The van der Waals surface area contributed by atoms with E-state index in [-0.39, 0.29) is 0 Å². The van der Waals surface area contributed by atoms with Crippen LogP contribution in [0.2, 0.25) is 0 Å². The fourth-order valence-corrected chi connectivity index (χ4v) is 3.86. The van der Waals surface area contributed by atoms with E-state index in [9.17, 15) is 0 Å². The van der Waals surface area contributed by atoms with Gasteiger partial charge in [-0.15, -0.1) is 0 Å². The van der Waals surface area contributed by atoms with E-state index in [1.165, 1.54) is 42.4 Å². The van der Waals surface area contributed by atoms with Gasteiger partial charge in [0.15, 0.2) is 0 Å². The van der Waals surface area contributed by atoms with Crippen molar-refractivity contribution in [2.45, 2.75) is 65.8 Å². The molecule has 0 saturated heterocycles. The molecule has 106 valence electrons. The fourth-order valence-electron chi connectivity index (χ4n) is 3.86. The number of hydrogen-bond donors (Lipinski definition) is 1. The van der Waals surface area contributed by atoms with E-state index in [0.29, 0.717) is 17.4 Å². The monoisotopic (exact) mass is 259 g/mol. The molecule has 1 aromatic rings. The van der Waals surface area contributed by atoms with Gasteiger partial charge in [0, 0.05) is 6.04 Å². The molecule has 1 aliphatic carbocycles. The Kier molecular flexibility index (Phi) is 4.35. The first kappa shape index (κ1) is 14.6. The highest BCUT2D eigenvalue weighted by molar-refractivity contribution is 5.34. The first-order valence-corrected chi connectivity index (χ1v) is 7.72. The molecule has 1 aliphatic rings. The van der Waals surface area contributed by atoms with Gasteiger partial charge in [0.25, 0.3) is 0 Å². The van der Waals surface area contributed by atoms with Gasteiger partial charge in [0.1, 0.15) is 0 Å². The fraction of sp³-hybridized carbons (Fsp3) is 0.667. The summed E-state index contributed by atoms with van der Waals surface area (Å²) in [5.74, 6) is 0.667. The van der Waals surface area contributed by atoms with Gasteiger partial charge >= 0.3 is 0 Å². The van der Waals surface area contributed by atoms with Crippen LogP contribution in [0.5, 0.6) is 0 Å². The van der Waals surface area contributed by atoms with Crippen molar-refractivity contribution in [3.8, 4) is 0 Å². The molecule has 2 unspecified atom stereocenters. The summed E-state index contributed by atoms with van der Waals surface area (Å²) < 4.78 is 0. The minimum atomic E-state index is 0.301. The van der Waals surface area contributed by atoms with Crippen molar-refractivity contribution in [2.24, 2.45) is 17.1 Å². The second-order valence-corrected chi connectivity index (χ2v) is 7.08. The standard InChI is InChI=1S/C18H29N/c1-13-8-7-9-14(2)15(13)12-17(19)16-10-5-6-11-18(16,3)4/h7-9,16-17H,5-6,10-12,19H2,1-4H3. The molecule has 0 aliphatic heterocycles. The number of hydrogen-bond acceptors (Lipinski definition) is 1. The molecule has 19 heavy (non-hydrogen) atoms. The van der Waals surface area contributed by atoms with Gasteiger partial charge in [-0.2, -0.15) is 0 Å². The summed E-state index contributed by atoms with van der Waals surface area (Å²) in [5.41, 5.74) is 11.3. The average molecular weight is 259 g/mol. The molecule has 0 radical (unpaired) electrons. The Morgan fingerprint density at radius 2 is 1.84 bits per heavy atom. The van der Waals surface area contributed by atoms with Gasteiger partial charge in [0.05, 0.1) is 0 Å². The van der Waals surface area contributed by atoms with Crippen LogP contribution >= 0.6 is 0 Å². The molecule has 0 bridgehead atoms.